The van der Waals surface area contributed by atoms with Gasteiger partial charge in [-0.15, -0.1) is 0 Å². The van der Waals surface area contributed by atoms with Gasteiger partial charge in [-0.2, -0.15) is 5.10 Å². The SMILES string of the molecule is CCOC(=O)Cn1nc(C(C)C)c2oc(N(CC)Cc3ccc(OC)cc3)cc2c1=O. The zero-order valence-electron chi connectivity index (χ0n) is 18.7. The normalized spacial score (nSPS) is 11.2. The van der Waals surface area contributed by atoms with Gasteiger partial charge in [0.1, 0.15) is 18.0 Å². The van der Waals surface area contributed by atoms with Crippen LogP contribution in [0.1, 0.15) is 44.9 Å². The maximum atomic E-state index is 13.0. The molecule has 3 rings (SSSR count). The molecule has 3 aromatic rings. The second-order valence-corrected chi connectivity index (χ2v) is 7.50. The number of hydrogen-bond donors (Lipinski definition) is 0. The average molecular weight is 428 g/mol. The Morgan fingerprint density at radius 3 is 2.52 bits per heavy atom. The van der Waals surface area contributed by atoms with Gasteiger partial charge in [0.2, 0.25) is 0 Å². The number of aromatic nitrogens is 2. The average Bonchev–Trinajstić information content (AvgIpc) is 3.20. The lowest BCUT2D eigenvalue weighted by Gasteiger charge is -2.20. The maximum Gasteiger partial charge on any atom is 0.327 e. The number of anilines is 1. The largest absolute Gasteiger partial charge is 0.497 e. The smallest absolute Gasteiger partial charge is 0.327 e. The van der Waals surface area contributed by atoms with Crippen molar-refractivity contribution in [3.05, 3.63) is 51.9 Å². The number of carbonyl (C=O) groups excluding carboxylic acids is 1. The Hall–Kier alpha value is -3.29. The van der Waals surface area contributed by atoms with E-state index in [1.807, 2.05) is 49.9 Å². The minimum absolute atomic E-state index is 0.00668. The van der Waals surface area contributed by atoms with Crippen molar-refractivity contribution in [2.45, 2.75) is 46.7 Å². The highest BCUT2D eigenvalue weighted by atomic mass is 16.5. The van der Waals surface area contributed by atoms with E-state index in [4.69, 9.17) is 13.9 Å². The Morgan fingerprint density at radius 2 is 1.94 bits per heavy atom. The zero-order chi connectivity index (χ0) is 22.5. The molecule has 0 aliphatic heterocycles. The van der Waals surface area contributed by atoms with Gasteiger partial charge in [-0.25, -0.2) is 4.68 Å². The fourth-order valence-corrected chi connectivity index (χ4v) is 3.35. The topological polar surface area (TPSA) is 86.8 Å². The summed E-state index contributed by atoms with van der Waals surface area (Å²) in [6, 6.07) is 9.56. The van der Waals surface area contributed by atoms with Gasteiger partial charge in [0, 0.05) is 25.1 Å². The minimum atomic E-state index is -0.496. The zero-order valence-corrected chi connectivity index (χ0v) is 18.7. The Kier molecular flexibility index (Phi) is 6.99. The molecule has 0 bridgehead atoms. The van der Waals surface area contributed by atoms with E-state index in [2.05, 4.69) is 5.10 Å². The van der Waals surface area contributed by atoms with Crippen LogP contribution in [-0.4, -0.2) is 36.0 Å². The van der Waals surface area contributed by atoms with Crippen molar-refractivity contribution in [1.82, 2.24) is 9.78 Å². The Morgan fingerprint density at radius 1 is 1.23 bits per heavy atom. The summed E-state index contributed by atoms with van der Waals surface area (Å²) in [6.45, 7) is 9.01. The number of methoxy groups -OCH3 is 1. The van der Waals surface area contributed by atoms with Crippen molar-refractivity contribution in [2.24, 2.45) is 0 Å². The number of fused-ring (bicyclic) bond motifs is 1. The van der Waals surface area contributed by atoms with Gasteiger partial charge < -0.3 is 18.8 Å². The van der Waals surface area contributed by atoms with Crippen LogP contribution in [0.5, 0.6) is 5.75 Å². The first-order chi connectivity index (χ1) is 14.9. The first-order valence-corrected chi connectivity index (χ1v) is 10.5. The van der Waals surface area contributed by atoms with Gasteiger partial charge in [-0.3, -0.25) is 9.59 Å². The third kappa shape index (κ3) is 4.90. The third-order valence-electron chi connectivity index (χ3n) is 5.00. The molecule has 8 heteroatoms. The Balaban J connectivity index is 2.00. The van der Waals surface area contributed by atoms with Gasteiger partial charge in [0.15, 0.2) is 11.5 Å². The highest BCUT2D eigenvalue weighted by molar-refractivity contribution is 5.82. The van der Waals surface area contributed by atoms with Crippen molar-refractivity contribution in [2.75, 3.05) is 25.2 Å². The number of nitrogens with zero attached hydrogens (tertiary/aromatic N) is 3. The van der Waals surface area contributed by atoms with Gasteiger partial charge >= 0.3 is 5.97 Å². The fraction of sp³-hybridized carbons (Fsp3) is 0.435. The van der Waals surface area contributed by atoms with Crippen LogP contribution in [0.3, 0.4) is 0 Å². The fourth-order valence-electron chi connectivity index (χ4n) is 3.35. The predicted molar refractivity (Wildman–Crippen MR) is 119 cm³/mol. The summed E-state index contributed by atoms with van der Waals surface area (Å²) in [5, 5.41) is 4.81. The van der Waals surface area contributed by atoms with Crippen LogP contribution in [0.15, 0.2) is 39.5 Å². The molecule has 0 radical (unpaired) electrons. The Bertz CT molecular complexity index is 1100. The van der Waals surface area contributed by atoms with Gasteiger partial charge in [-0.1, -0.05) is 26.0 Å². The molecule has 1 aromatic carbocycles. The van der Waals surface area contributed by atoms with E-state index in [0.29, 0.717) is 35.6 Å². The number of rotatable bonds is 9. The lowest BCUT2D eigenvalue weighted by molar-refractivity contribution is -0.144. The monoisotopic (exact) mass is 427 g/mol. The number of ether oxygens (including phenoxy) is 2. The number of hydrogen-bond acceptors (Lipinski definition) is 7. The summed E-state index contributed by atoms with van der Waals surface area (Å²) in [5.74, 6) is 0.894. The number of benzene rings is 1. The molecule has 0 atom stereocenters. The van der Waals surface area contributed by atoms with Gasteiger partial charge in [-0.05, 0) is 31.5 Å². The van der Waals surface area contributed by atoms with E-state index in [9.17, 15) is 9.59 Å². The van der Waals surface area contributed by atoms with Crippen LogP contribution in [0, 0.1) is 0 Å². The molecular weight excluding hydrogens is 398 g/mol. The molecule has 0 saturated carbocycles. The molecule has 8 nitrogen and oxygen atoms in total. The molecule has 0 spiro atoms. The molecule has 2 heterocycles. The van der Waals surface area contributed by atoms with Crippen molar-refractivity contribution in [3.8, 4) is 5.75 Å². The molecule has 0 fully saturated rings. The van der Waals surface area contributed by atoms with Gasteiger partial charge in [0.25, 0.3) is 5.56 Å². The Labute approximate surface area is 181 Å². The van der Waals surface area contributed by atoms with Crippen molar-refractivity contribution in [3.63, 3.8) is 0 Å². The second-order valence-electron chi connectivity index (χ2n) is 7.50. The van der Waals surface area contributed by atoms with Crippen LogP contribution >= 0.6 is 0 Å². The molecule has 0 amide bonds. The molecule has 0 aliphatic rings. The molecule has 31 heavy (non-hydrogen) atoms. The lowest BCUT2D eigenvalue weighted by atomic mass is 10.1. The summed E-state index contributed by atoms with van der Waals surface area (Å²) in [6.07, 6.45) is 0. The molecule has 166 valence electrons. The number of furan rings is 1. The lowest BCUT2D eigenvalue weighted by Crippen LogP contribution is -2.28. The summed E-state index contributed by atoms with van der Waals surface area (Å²) in [7, 11) is 1.64. The van der Waals surface area contributed by atoms with Crippen molar-refractivity contribution >= 4 is 22.8 Å². The van der Waals surface area contributed by atoms with E-state index in [1.165, 1.54) is 0 Å². The number of esters is 1. The van der Waals surface area contributed by atoms with Crippen LogP contribution < -0.4 is 15.2 Å². The quantitative estimate of drug-likeness (QED) is 0.481. The standard InChI is InChI=1S/C23H29N3O5/c1-6-25(13-16-8-10-17(29-5)11-9-16)19-12-18-22(31-19)21(15(3)4)24-26(23(18)28)14-20(27)30-7-2/h8-12,15H,6-7,13-14H2,1-5H3. The molecular formula is C23H29N3O5. The maximum absolute atomic E-state index is 13.0. The van der Waals surface area contributed by atoms with E-state index in [1.54, 1.807) is 20.1 Å². The van der Waals surface area contributed by atoms with E-state index in [0.717, 1.165) is 16.0 Å². The second kappa shape index (κ2) is 9.68. The first kappa shape index (κ1) is 22.4. The summed E-state index contributed by atoms with van der Waals surface area (Å²) in [5.41, 5.74) is 1.81. The van der Waals surface area contributed by atoms with E-state index in [-0.39, 0.29) is 24.6 Å². The van der Waals surface area contributed by atoms with Crippen molar-refractivity contribution < 1.29 is 18.7 Å². The van der Waals surface area contributed by atoms with E-state index < -0.39 is 5.97 Å². The highest BCUT2D eigenvalue weighted by Crippen LogP contribution is 2.30. The highest BCUT2D eigenvalue weighted by Gasteiger charge is 2.21. The first-order valence-electron chi connectivity index (χ1n) is 10.5. The summed E-state index contributed by atoms with van der Waals surface area (Å²) in [4.78, 5) is 27.0. The predicted octanol–water partition coefficient (Wildman–Crippen LogP) is 3.71. The van der Waals surface area contributed by atoms with Crippen LogP contribution in [0.4, 0.5) is 5.88 Å². The summed E-state index contributed by atoms with van der Waals surface area (Å²) >= 11 is 0. The minimum Gasteiger partial charge on any atom is -0.497 e. The van der Waals surface area contributed by atoms with Crippen molar-refractivity contribution in [1.29, 1.82) is 0 Å². The van der Waals surface area contributed by atoms with Crippen LogP contribution in [0.25, 0.3) is 11.0 Å². The third-order valence-corrected chi connectivity index (χ3v) is 5.00. The molecule has 0 N–H and O–H groups in total. The number of carbonyl (C=O) groups is 1. The molecule has 2 aromatic heterocycles. The molecule has 0 aliphatic carbocycles. The van der Waals surface area contributed by atoms with E-state index >= 15 is 0 Å². The molecule has 0 unspecified atom stereocenters. The van der Waals surface area contributed by atoms with Crippen LogP contribution in [0.2, 0.25) is 0 Å². The van der Waals surface area contributed by atoms with Crippen LogP contribution in [-0.2, 0) is 22.6 Å². The molecule has 0 saturated heterocycles. The van der Waals surface area contributed by atoms with Gasteiger partial charge in [0.05, 0.1) is 19.1 Å². The summed E-state index contributed by atoms with van der Waals surface area (Å²) < 4.78 is 17.5.